The van der Waals surface area contributed by atoms with Gasteiger partial charge >= 0.3 is 5.97 Å². The minimum atomic E-state index is -1.47. The molecular formula is C11H13FO2S. The van der Waals surface area contributed by atoms with Gasteiger partial charge in [0.05, 0.1) is 0 Å². The number of aryl methyl sites for hydroxylation is 1. The maximum absolute atomic E-state index is 13.2. The Labute approximate surface area is 92.1 Å². The second-order valence-electron chi connectivity index (χ2n) is 3.28. The number of aliphatic carboxylic acids is 1. The van der Waals surface area contributed by atoms with Gasteiger partial charge in [-0.25, -0.2) is 4.79 Å². The molecule has 0 amide bonds. The van der Waals surface area contributed by atoms with Crippen molar-refractivity contribution >= 4 is 17.3 Å². The van der Waals surface area contributed by atoms with Crippen molar-refractivity contribution in [2.45, 2.75) is 26.7 Å². The normalized spacial score (nSPS) is 12.5. The van der Waals surface area contributed by atoms with E-state index < -0.39 is 11.8 Å². The summed E-state index contributed by atoms with van der Waals surface area (Å²) in [6.07, 6.45) is 0.827. The zero-order valence-corrected chi connectivity index (χ0v) is 9.53. The predicted molar refractivity (Wildman–Crippen MR) is 58.8 cm³/mol. The van der Waals surface area contributed by atoms with Gasteiger partial charge in [0, 0.05) is 11.3 Å². The molecule has 0 fully saturated rings. The van der Waals surface area contributed by atoms with Crippen LogP contribution in [0.1, 0.15) is 23.8 Å². The van der Waals surface area contributed by atoms with Crippen LogP contribution in [0.3, 0.4) is 0 Å². The first kappa shape index (κ1) is 11.9. The molecule has 0 aliphatic heterocycles. The first-order valence-corrected chi connectivity index (χ1v) is 5.58. The second-order valence-corrected chi connectivity index (χ2v) is 4.28. The van der Waals surface area contributed by atoms with Crippen molar-refractivity contribution in [2.75, 3.05) is 0 Å². The molecule has 0 spiro atoms. The lowest BCUT2D eigenvalue weighted by Gasteiger charge is -2.04. The van der Waals surface area contributed by atoms with E-state index in [1.807, 2.05) is 18.4 Å². The summed E-state index contributed by atoms with van der Waals surface area (Å²) in [5.74, 6) is -2.48. The van der Waals surface area contributed by atoms with Gasteiger partial charge in [0.2, 0.25) is 5.83 Å². The third-order valence-electron chi connectivity index (χ3n) is 2.27. The van der Waals surface area contributed by atoms with E-state index in [0.717, 1.165) is 10.4 Å². The number of hydrogen-bond acceptors (Lipinski definition) is 2. The smallest absolute Gasteiger partial charge is 0.364 e. The van der Waals surface area contributed by atoms with E-state index in [1.165, 1.54) is 11.3 Å². The number of carboxylic acid groups (broad SMARTS) is 1. The highest BCUT2D eigenvalue weighted by molar-refractivity contribution is 7.10. The lowest BCUT2D eigenvalue weighted by atomic mass is 10.1. The highest BCUT2D eigenvalue weighted by Gasteiger charge is 2.14. The summed E-state index contributed by atoms with van der Waals surface area (Å²) in [6, 6.07) is 1.95. The number of thiophene rings is 1. The number of halogens is 1. The first-order chi connectivity index (χ1) is 7.06. The van der Waals surface area contributed by atoms with E-state index in [0.29, 0.717) is 18.4 Å². The van der Waals surface area contributed by atoms with Crippen LogP contribution in [0.2, 0.25) is 0 Å². The Bertz CT molecular complexity index is 393. The van der Waals surface area contributed by atoms with Gasteiger partial charge in [-0.05, 0) is 35.9 Å². The fraction of sp³-hybridized carbons (Fsp3) is 0.364. The molecule has 1 N–H and O–H groups in total. The Morgan fingerprint density at radius 3 is 2.67 bits per heavy atom. The minimum Gasteiger partial charge on any atom is -0.476 e. The Kier molecular flexibility index (Phi) is 4.03. The molecule has 2 nitrogen and oxygen atoms in total. The van der Waals surface area contributed by atoms with Crippen LogP contribution in [0.4, 0.5) is 4.39 Å². The molecule has 0 saturated heterocycles. The van der Waals surface area contributed by atoms with Crippen molar-refractivity contribution in [1.29, 1.82) is 0 Å². The standard InChI is InChI=1S/C11H13FO2S/c1-3-8(10(12)11(13)14)6-9-7(2)4-5-15-9/h4-5H,3,6H2,1-2H3,(H,13,14). The Morgan fingerprint density at radius 2 is 2.27 bits per heavy atom. The molecule has 0 aliphatic rings. The quantitative estimate of drug-likeness (QED) is 0.803. The third kappa shape index (κ3) is 2.89. The number of carbonyl (C=O) groups is 1. The van der Waals surface area contributed by atoms with Crippen molar-refractivity contribution in [3.63, 3.8) is 0 Å². The van der Waals surface area contributed by atoms with E-state index in [2.05, 4.69) is 0 Å². The number of allylic oxidation sites excluding steroid dienone is 1. The van der Waals surface area contributed by atoms with Crippen LogP contribution in [-0.2, 0) is 11.2 Å². The lowest BCUT2D eigenvalue weighted by Crippen LogP contribution is -2.01. The summed E-state index contributed by atoms with van der Waals surface area (Å²) in [7, 11) is 0. The molecule has 1 heterocycles. The topological polar surface area (TPSA) is 37.3 Å². The zero-order valence-electron chi connectivity index (χ0n) is 8.71. The van der Waals surface area contributed by atoms with Gasteiger partial charge in [0.15, 0.2) is 0 Å². The zero-order chi connectivity index (χ0) is 11.4. The molecule has 0 aromatic carbocycles. The summed E-state index contributed by atoms with van der Waals surface area (Å²) < 4.78 is 13.2. The molecule has 1 aromatic rings. The molecule has 0 atom stereocenters. The van der Waals surface area contributed by atoms with Crippen LogP contribution in [0, 0.1) is 6.92 Å². The van der Waals surface area contributed by atoms with Crippen LogP contribution in [-0.4, -0.2) is 11.1 Å². The summed E-state index contributed by atoms with van der Waals surface area (Å²) >= 11 is 1.53. The lowest BCUT2D eigenvalue weighted by molar-refractivity contribution is -0.134. The molecule has 0 bridgehead atoms. The van der Waals surface area contributed by atoms with Crippen molar-refractivity contribution in [2.24, 2.45) is 0 Å². The summed E-state index contributed by atoms with van der Waals surface area (Å²) in [4.78, 5) is 11.5. The summed E-state index contributed by atoms with van der Waals surface area (Å²) in [5.41, 5.74) is 1.44. The van der Waals surface area contributed by atoms with Gasteiger partial charge in [0.1, 0.15) is 0 Å². The molecule has 0 saturated carbocycles. The molecule has 0 aliphatic carbocycles. The largest absolute Gasteiger partial charge is 0.476 e. The van der Waals surface area contributed by atoms with Gasteiger partial charge in [-0.15, -0.1) is 11.3 Å². The van der Waals surface area contributed by atoms with E-state index in [4.69, 9.17) is 5.11 Å². The Hall–Kier alpha value is -1.16. The van der Waals surface area contributed by atoms with Crippen molar-refractivity contribution in [3.8, 4) is 0 Å². The molecule has 0 radical (unpaired) electrons. The van der Waals surface area contributed by atoms with Crippen LogP contribution >= 0.6 is 11.3 Å². The molecule has 1 aromatic heterocycles. The summed E-state index contributed by atoms with van der Waals surface area (Å²) in [6.45, 7) is 3.71. The second kappa shape index (κ2) is 5.07. The van der Waals surface area contributed by atoms with Crippen LogP contribution in [0.15, 0.2) is 22.8 Å². The Morgan fingerprint density at radius 1 is 1.60 bits per heavy atom. The average molecular weight is 228 g/mol. The first-order valence-electron chi connectivity index (χ1n) is 4.70. The van der Waals surface area contributed by atoms with E-state index >= 15 is 0 Å². The van der Waals surface area contributed by atoms with Crippen LogP contribution in [0.5, 0.6) is 0 Å². The average Bonchev–Trinajstić information content (AvgIpc) is 2.59. The molecular weight excluding hydrogens is 215 g/mol. The predicted octanol–water partition coefficient (Wildman–Crippen LogP) is 3.32. The summed E-state index contributed by atoms with van der Waals surface area (Å²) in [5, 5.41) is 10.5. The fourth-order valence-corrected chi connectivity index (χ4v) is 2.24. The van der Waals surface area contributed by atoms with E-state index in [9.17, 15) is 9.18 Å². The van der Waals surface area contributed by atoms with Crippen molar-refractivity contribution < 1.29 is 14.3 Å². The van der Waals surface area contributed by atoms with E-state index in [-0.39, 0.29) is 0 Å². The van der Waals surface area contributed by atoms with Gasteiger partial charge in [-0.3, -0.25) is 0 Å². The third-order valence-corrected chi connectivity index (χ3v) is 3.29. The maximum atomic E-state index is 13.2. The van der Waals surface area contributed by atoms with Crippen molar-refractivity contribution in [1.82, 2.24) is 0 Å². The number of hydrogen-bond donors (Lipinski definition) is 1. The van der Waals surface area contributed by atoms with Gasteiger partial charge in [0.25, 0.3) is 0 Å². The monoisotopic (exact) mass is 228 g/mol. The van der Waals surface area contributed by atoms with Gasteiger partial charge < -0.3 is 5.11 Å². The fourth-order valence-electron chi connectivity index (χ4n) is 1.29. The van der Waals surface area contributed by atoms with Gasteiger partial charge in [-0.2, -0.15) is 4.39 Å². The van der Waals surface area contributed by atoms with Crippen molar-refractivity contribution in [3.05, 3.63) is 33.3 Å². The molecule has 4 heteroatoms. The molecule has 1 rings (SSSR count). The minimum absolute atomic E-state index is 0.355. The molecule has 15 heavy (non-hydrogen) atoms. The number of rotatable bonds is 4. The van der Waals surface area contributed by atoms with E-state index in [1.54, 1.807) is 6.92 Å². The van der Waals surface area contributed by atoms with Gasteiger partial charge in [-0.1, -0.05) is 6.92 Å². The Balaban J connectivity index is 2.92. The SMILES string of the molecule is CCC(Cc1sccc1C)=C(F)C(=O)O. The van der Waals surface area contributed by atoms with Crippen LogP contribution < -0.4 is 0 Å². The molecule has 0 unspecified atom stereocenters. The number of carboxylic acids is 1. The van der Waals surface area contributed by atoms with Crippen LogP contribution in [0.25, 0.3) is 0 Å². The maximum Gasteiger partial charge on any atom is 0.364 e. The highest BCUT2D eigenvalue weighted by atomic mass is 32.1. The highest BCUT2D eigenvalue weighted by Crippen LogP contribution is 2.23. The molecule has 82 valence electrons.